The molecule has 2 rings (SSSR count). The second-order valence-electron chi connectivity index (χ2n) is 4.73. The van der Waals surface area contributed by atoms with Crippen molar-refractivity contribution in [1.29, 1.82) is 0 Å². The third kappa shape index (κ3) is 4.25. The first-order chi connectivity index (χ1) is 10.5. The number of aliphatic hydroxyl groups is 1. The van der Waals surface area contributed by atoms with Gasteiger partial charge in [0.05, 0.1) is 12.1 Å². The molecule has 0 saturated heterocycles. The summed E-state index contributed by atoms with van der Waals surface area (Å²) in [5, 5.41) is 14.8. The fourth-order valence-electron chi connectivity index (χ4n) is 1.93. The summed E-state index contributed by atoms with van der Waals surface area (Å²) in [6, 6.07) is 6.67. The Labute approximate surface area is 130 Å². The Morgan fingerprint density at radius 2 is 1.91 bits per heavy atom. The van der Waals surface area contributed by atoms with Crippen molar-refractivity contribution in [3.63, 3.8) is 0 Å². The number of thiophene rings is 1. The lowest BCUT2D eigenvalue weighted by Crippen LogP contribution is -2.37. The van der Waals surface area contributed by atoms with Crippen LogP contribution in [0.15, 0.2) is 30.3 Å². The Hall–Kier alpha value is -1.99. The zero-order valence-electron chi connectivity index (χ0n) is 11.9. The van der Waals surface area contributed by atoms with Crippen molar-refractivity contribution >= 4 is 17.4 Å². The van der Waals surface area contributed by atoms with Crippen LogP contribution in [-0.2, 0) is 6.54 Å². The summed E-state index contributed by atoms with van der Waals surface area (Å²) in [6.07, 6.45) is -1.45. The lowest BCUT2D eigenvalue weighted by atomic mass is 10.1. The van der Waals surface area contributed by atoms with Gasteiger partial charge >= 0.3 is 6.03 Å². The molecule has 1 heterocycles. The first kappa shape index (κ1) is 16.4. The van der Waals surface area contributed by atoms with Gasteiger partial charge in [-0.15, -0.1) is 11.3 Å². The van der Waals surface area contributed by atoms with E-state index in [4.69, 9.17) is 0 Å². The smallest absolute Gasteiger partial charge is 0.315 e. The molecule has 0 spiro atoms. The van der Waals surface area contributed by atoms with Crippen LogP contribution >= 0.6 is 11.3 Å². The molecule has 7 heteroatoms. The van der Waals surface area contributed by atoms with Gasteiger partial charge in [0.1, 0.15) is 17.7 Å². The lowest BCUT2D eigenvalue weighted by molar-refractivity contribution is 0.164. The first-order valence-corrected chi connectivity index (χ1v) is 7.48. The number of carbonyl (C=O) groups is 1. The number of hydrogen-bond donors (Lipinski definition) is 3. The second kappa shape index (κ2) is 7.33. The average Bonchev–Trinajstić information content (AvgIpc) is 2.88. The Kier molecular flexibility index (Phi) is 5.46. The normalized spacial score (nSPS) is 12.0. The average molecular weight is 326 g/mol. The summed E-state index contributed by atoms with van der Waals surface area (Å²) >= 11 is 1.56. The van der Waals surface area contributed by atoms with Gasteiger partial charge in [-0.1, -0.05) is 6.07 Å². The van der Waals surface area contributed by atoms with Crippen LogP contribution in [0.5, 0.6) is 0 Å². The predicted octanol–water partition coefficient (Wildman–Crippen LogP) is 2.87. The SMILES string of the molecule is Cc1ccc(CNC(=O)NCC(O)c2c(F)cccc2F)s1. The van der Waals surface area contributed by atoms with Gasteiger partial charge in [0, 0.05) is 16.3 Å². The van der Waals surface area contributed by atoms with Gasteiger partial charge in [-0.25, -0.2) is 13.6 Å². The van der Waals surface area contributed by atoms with E-state index in [0.29, 0.717) is 6.54 Å². The molecule has 1 aromatic carbocycles. The van der Waals surface area contributed by atoms with E-state index in [1.807, 2.05) is 19.1 Å². The standard InChI is InChI=1S/C15H16F2N2O2S/c1-9-5-6-10(22-9)7-18-15(21)19-8-13(20)14-11(16)3-2-4-12(14)17/h2-6,13,20H,7-8H2,1H3,(H2,18,19,21). The van der Waals surface area contributed by atoms with Gasteiger partial charge in [0.25, 0.3) is 0 Å². The molecule has 0 bridgehead atoms. The molecule has 0 aliphatic carbocycles. The van der Waals surface area contributed by atoms with Crippen LogP contribution in [0.2, 0.25) is 0 Å². The number of aliphatic hydroxyl groups excluding tert-OH is 1. The third-order valence-corrected chi connectivity index (χ3v) is 4.01. The monoisotopic (exact) mass is 326 g/mol. The number of halogens is 2. The molecule has 3 N–H and O–H groups in total. The summed E-state index contributed by atoms with van der Waals surface area (Å²) in [5.74, 6) is -1.69. The van der Waals surface area contributed by atoms with Crippen LogP contribution in [0, 0.1) is 18.6 Å². The Morgan fingerprint density at radius 1 is 1.23 bits per heavy atom. The number of carbonyl (C=O) groups excluding carboxylic acids is 1. The lowest BCUT2D eigenvalue weighted by Gasteiger charge is -2.14. The van der Waals surface area contributed by atoms with Gasteiger partial charge in [-0.05, 0) is 31.2 Å². The molecule has 0 fully saturated rings. The minimum absolute atomic E-state index is 0.285. The molecular formula is C15H16F2N2O2S. The van der Waals surface area contributed by atoms with Crippen molar-refractivity contribution in [1.82, 2.24) is 10.6 Å². The molecule has 0 aliphatic heterocycles. The largest absolute Gasteiger partial charge is 0.386 e. The highest BCUT2D eigenvalue weighted by Crippen LogP contribution is 2.20. The number of nitrogens with one attached hydrogen (secondary N) is 2. The highest BCUT2D eigenvalue weighted by atomic mass is 32.1. The summed E-state index contributed by atoms with van der Waals surface area (Å²) in [6.45, 7) is 2.04. The van der Waals surface area contributed by atoms with Crippen LogP contribution in [-0.4, -0.2) is 17.7 Å². The highest BCUT2D eigenvalue weighted by Gasteiger charge is 2.18. The molecular weight excluding hydrogens is 310 g/mol. The highest BCUT2D eigenvalue weighted by molar-refractivity contribution is 7.11. The maximum absolute atomic E-state index is 13.5. The number of aryl methyl sites for hydroxylation is 1. The van der Waals surface area contributed by atoms with E-state index in [1.165, 1.54) is 6.07 Å². The van der Waals surface area contributed by atoms with Gasteiger partial charge in [-0.2, -0.15) is 0 Å². The Morgan fingerprint density at radius 3 is 2.50 bits per heavy atom. The Bertz CT molecular complexity index is 640. The molecule has 4 nitrogen and oxygen atoms in total. The van der Waals surface area contributed by atoms with Crippen molar-refractivity contribution in [3.05, 3.63) is 57.3 Å². The molecule has 2 amide bonds. The minimum Gasteiger partial charge on any atom is -0.386 e. The maximum Gasteiger partial charge on any atom is 0.315 e. The van der Waals surface area contributed by atoms with Crippen LogP contribution in [0.25, 0.3) is 0 Å². The van der Waals surface area contributed by atoms with Crippen LogP contribution in [0.1, 0.15) is 21.4 Å². The number of urea groups is 1. The molecule has 118 valence electrons. The molecule has 1 atom stereocenters. The molecule has 2 aromatic rings. The fourth-order valence-corrected chi connectivity index (χ4v) is 2.76. The zero-order chi connectivity index (χ0) is 16.1. The van der Waals surface area contributed by atoms with E-state index in [0.717, 1.165) is 21.9 Å². The van der Waals surface area contributed by atoms with Gasteiger partial charge in [0.2, 0.25) is 0 Å². The predicted molar refractivity (Wildman–Crippen MR) is 80.6 cm³/mol. The third-order valence-electron chi connectivity index (χ3n) is 3.01. The van der Waals surface area contributed by atoms with Crippen LogP contribution in [0.3, 0.4) is 0 Å². The van der Waals surface area contributed by atoms with Gasteiger partial charge in [-0.3, -0.25) is 0 Å². The number of rotatable bonds is 5. The summed E-state index contributed by atoms with van der Waals surface area (Å²) in [7, 11) is 0. The van der Waals surface area contributed by atoms with E-state index in [9.17, 15) is 18.7 Å². The molecule has 0 aliphatic rings. The van der Waals surface area contributed by atoms with Gasteiger partial charge < -0.3 is 15.7 Å². The van der Waals surface area contributed by atoms with Crippen molar-refractivity contribution in [2.45, 2.75) is 19.6 Å². The topological polar surface area (TPSA) is 61.4 Å². The van der Waals surface area contributed by atoms with E-state index in [2.05, 4.69) is 10.6 Å². The number of hydrogen-bond acceptors (Lipinski definition) is 3. The Balaban J connectivity index is 1.83. The second-order valence-corrected chi connectivity index (χ2v) is 6.10. The first-order valence-electron chi connectivity index (χ1n) is 6.66. The van der Waals surface area contributed by atoms with Gasteiger partial charge in [0.15, 0.2) is 0 Å². The fraction of sp³-hybridized carbons (Fsp3) is 0.267. The van der Waals surface area contributed by atoms with Crippen molar-refractivity contribution in [2.75, 3.05) is 6.54 Å². The van der Waals surface area contributed by atoms with Crippen molar-refractivity contribution in [2.24, 2.45) is 0 Å². The van der Waals surface area contributed by atoms with Crippen molar-refractivity contribution in [3.8, 4) is 0 Å². The van der Waals surface area contributed by atoms with E-state index < -0.39 is 29.3 Å². The van der Waals surface area contributed by atoms with E-state index in [-0.39, 0.29) is 6.54 Å². The number of amides is 2. The molecule has 0 radical (unpaired) electrons. The molecule has 22 heavy (non-hydrogen) atoms. The van der Waals surface area contributed by atoms with E-state index in [1.54, 1.807) is 11.3 Å². The maximum atomic E-state index is 13.5. The summed E-state index contributed by atoms with van der Waals surface area (Å²) < 4.78 is 26.9. The van der Waals surface area contributed by atoms with Crippen LogP contribution in [0.4, 0.5) is 13.6 Å². The summed E-state index contributed by atoms with van der Waals surface area (Å²) in [5.41, 5.74) is -0.448. The van der Waals surface area contributed by atoms with Crippen LogP contribution < -0.4 is 10.6 Å². The minimum atomic E-state index is -1.45. The zero-order valence-corrected chi connectivity index (χ0v) is 12.7. The number of benzene rings is 1. The molecule has 1 unspecified atom stereocenters. The molecule has 0 saturated carbocycles. The quantitative estimate of drug-likeness (QED) is 0.791. The summed E-state index contributed by atoms with van der Waals surface area (Å²) in [4.78, 5) is 13.7. The van der Waals surface area contributed by atoms with E-state index >= 15 is 0 Å². The molecule has 1 aromatic heterocycles. The van der Waals surface area contributed by atoms with Crippen molar-refractivity contribution < 1.29 is 18.7 Å².